The highest BCUT2D eigenvalue weighted by Crippen LogP contribution is 2.35. The first-order valence-corrected chi connectivity index (χ1v) is 10.0. The molecule has 1 aromatic rings. The van der Waals surface area contributed by atoms with Crippen LogP contribution in [0.1, 0.15) is 90.5 Å². The van der Waals surface area contributed by atoms with Gasteiger partial charge in [-0.2, -0.15) is 5.10 Å². The minimum Gasteiger partial charge on any atom is -0.251 e. The quantitative estimate of drug-likeness (QED) is 0.363. The first-order chi connectivity index (χ1) is 10.5. The van der Waals surface area contributed by atoms with Crippen LogP contribution in [0.2, 0.25) is 5.15 Å². The predicted octanol–water partition coefficient (Wildman–Crippen LogP) is 7.26. The van der Waals surface area contributed by atoms with Crippen LogP contribution in [0.5, 0.6) is 0 Å². The van der Waals surface area contributed by atoms with Gasteiger partial charge in [0.15, 0.2) is 5.15 Å². The molecule has 0 fully saturated rings. The second-order valence-corrected chi connectivity index (χ2v) is 7.85. The highest BCUT2D eigenvalue weighted by atomic mass is 79.9. The molecule has 1 rings (SSSR count). The Morgan fingerprint density at radius 1 is 1.00 bits per heavy atom. The SMILES string of the molecule is CCCCCCCC(C)(CCCCC)n1nc(Cl)c(C)c1Br. The summed E-state index contributed by atoms with van der Waals surface area (Å²) in [6, 6.07) is 0. The van der Waals surface area contributed by atoms with Gasteiger partial charge < -0.3 is 0 Å². The number of rotatable bonds is 11. The summed E-state index contributed by atoms with van der Waals surface area (Å²) in [7, 11) is 0. The molecule has 1 atom stereocenters. The Bertz CT molecular complexity index is 445. The lowest BCUT2D eigenvalue weighted by Crippen LogP contribution is -2.31. The van der Waals surface area contributed by atoms with Gasteiger partial charge in [-0.15, -0.1) is 0 Å². The van der Waals surface area contributed by atoms with E-state index in [-0.39, 0.29) is 5.54 Å². The van der Waals surface area contributed by atoms with Crippen LogP contribution >= 0.6 is 27.5 Å². The van der Waals surface area contributed by atoms with E-state index in [0.717, 1.165) is 10.2 Å². The van der Waals surface area contributed by atoms with Crippen LogP contribution in [0.3, 0.4) is 0 Å². The second kappa shape index (κ2) is 9.97. The molecule has 0 amide bonds. The van der Waals surface area contributed by atoms with Crippen LogP contribution in [-0.2, 0) is 5.54 Å². The Hall–Kier alpha value is -0.0200. The summed E-state index contributed by atoms with van der Waals surface area (Å²) in [4.78, 5) is 0. The summed E-state index contributed by atoms with van der Waals surface area (Å²) < 4.78 is 3.19. The Kier molecular flexibility index (Phi) is 9.08. The van der Waals surface area contributed by atoms with E-state index < -0.39 is 0 Å². The van der Waals surface area contributed by atoms with E-state index in [1.807, 2.05) is 6.92 Å². The van der Waals surface area contributed by atoms with Crippen molar-refractivity contribution in [1.82, 2.24) is 9.78 Å². The van der Waals surface area contributed by atoms with E-state index in [2.05, 4.69) is 46.5 Å². The van der Waals surface area contributed by atoms with E-state index in [9.17, 15) is 0 Å². The van der Waals surface area contributed by atoms with Crippen LogP contribution in [0.15, 0.2) is 4.60 Å². The molecule has 0 N–H and O–H groups in total. The molecule has 22 heavy (non-hydrogen) atoms. The number of nitrogens with zero attached hydrogens (tertiary/aromatic N) is 2. The zero-order valence-corrected chi connectivity index (χ0v) is 17.1. The molecule has 0 bridgehead atoms. The topological polar surface area (TPSA) is 17.8 Å². The molecule has 0 radical (unpaired) electrons. The van der Waals surface area contributed by atoms with Crippen molar-refractivity contribution < 1.29 is 0 Å². The highest BCUT2D eigenvalue weighted by molar-refractivity contribution is 9.10. The number of unbranched alkanes of at least 4 members (excludes halogenated alkanes) is 6. The Labute approximate surface area is 150 Å². The van der Waals surface area contributed by atoms with Gasteiger partial charge >= 0.3 is 0 Å². The summed E-state index contributed by atoms with van der Waals surface area (Å²) >= 11 is 9.94. The first-order valence-electron chi connectivity index (χ1n) is 8.87. The Morgan fingerprint density at radius 2 is 1.50 bits per heavy atom. The van der Waals surface area contributed by atoms with Gasteiger partial charge in [-0.05, 0) is 42.6 Å². The Morgan fingerprint density at radius 3 is 2.00 bits per heavy atom. The Balaban J connectivity index is 2.78. The van der Waals surface area contributed by atoms with E-state index in [1.165, 1.54) is 64.2 Å². The molecule has 0 saturated carbocycles. The van der Waals surface area contributed by atoms with Gasteiger partial charge in [0.2, 0.25) is 0 Å². The molecular weight excluding hydrogens is 360 g/mol. The minimum absolute atomic E-state index is 0.0676. The van der Waals surface area contributed by atoms with Crippen molar-refractivity contribution in [2.45, 2.75) is 97.4 Å². The van der Waals surface area contributed by atoms with Gasteiger partial charge in [0.05, 0.1) is 5.54 Å². The summed E-state index contributed by atoms with van der Waals surface area (Å²) in [5, 5.41) is 5.24. The predicted molar refractivity (Wildman–Crippen MR) is 101 cm³/mol. The molecule has 1 heterocycles. The maximum atomic E-state index is 6.24. The monoisotopic (exact) mass is 390 g/mol. The molecule has 0 aliphatic heterocycles. The standard InChI is InChI=1S/C18H32BrClN2/c1-5-7-9-10-12-14-18(4,13-11-8-6-2)22-16(19)15(3)17(20)21-22/h5-14H2,1-4H3. The van der Waals surface area contributed by atoms with Crippen LogP contribution in [0, 0.1) is 6.92 Å². The van der Waals surface area contributed by atoms with Crippen molar-refractivity contribution in [3.05, 3.63) is 15.3 Å². The van der Waals surface area contributed by atoms with Crippen molar-refractivity contribution in [3.8, 4) is 0 Å². The van der Waals surface area contributed by atoms with E-state index in [1.54, 1.807) is 0 Å². The average molecular weight is 392 g/mol. The third-order valence-electron chi connectivity index (χ3n) is 4.64. The van der Waals surface area contributed by atoms with Gasteiger partial charge in [0.25, 0.3) is 0 Å². The highest BCUT2D eigenvalue weighted by Gasteiger charge is 2.30. The van der Waals surface area contributed by atoms with Crippen molar-refractivity contribution in [2.75, 3.05) is 0 Å². The van der Waals surface area contributed by atoms with Gasteiger partial charge in [0, 0.05) is 5.56 Å². The molecule has 0 spiro atoms. The van der Waals surface area contributed by atoms with Gasteiger partial charge in [-0.1, -0.05) is 76.8 Å². The van der Waals surface area contributed by atoms with E-state index >= 15 is 0 Å². The zero-order chi connectivity index (χ0) is 16.6. The van der Waals surface area contributed by atoms with Crippen LogP contribution < -0.4 is 0 Å². The third-order valence-corrected chi connectivity index (χ3v) is 5.93. The molecule has 128 valence electrons. The first kappa shape index (κ1) is 20.0. The second-order valence-electron chi connectivity index (χ2n) is 6.74. The van der Waals surface area contributed by atoms with Gasteiger partial charge in [-0.25, -0.2) is 0 Å². The maximum Gasteiger partial charge on any atom is 0.155 e. The maximum absolute atomic E-state index is 6.24. The van der Waals surface area contributed by atoms with Crippen molar-refractivity contribution >= 4 is 27.5 Å². The normalized spacial score (nSPS) is 14.3. The smallest absolute Gasteiger partial charge is 0.155 e. The molecule has 0 aromatic carbocycles. The molecule has 1 aromatic heterocycles. The van der Waals surface area contributed by atoms with Gasteiger partial charge in [-0.3, -0.25) is 4.68 Å². The zero-order valence-electron chi connectivity index (χ0n) is 14.7. The molecule has 4 heteroatoms. The lowest BCUT2D eigenvalue weighted by atomic mass is 9.88. The van der Waals surface area contributed by atoms with Crippen LogP contribution in [0.25, 0.3) is 0 Å². The fourth-order valence-electron chi connectivity index (χ4n) is 3.01. The lowest BCUT2D eigenvalue weighted by molar-refractivity contribution is 0.223. The number of halogens is 2. The third kappa shape index (κ3) is 5.56. The molecular formula is C18H32BrClN2. The van der Waals surface area contributed by atoms with Crippen molar-refractivity contribution in [2.24, 2.45) is 0 Å². The number of aromatic nitrogens is 2. The summed E-state index contributed by atoms with van der Waals surface area (Å²) in [6.45, 7) is 8.90. The van der Waals surface area contributed by atoms with Gasteiger partial charge in [0.1, 0.15) is 4.60 Å². The molecule has 1 unspecified atom stereocenters. The number of hydrogen-bond donors (Lipinski definition) is 0. The van der Waals surface area contributed by atoms with E-state index in [0.29, 0.717) is 5.15 Å². The lowest BCUT2D eigenvalue weighted by Gasteiger charge is -2.31. The summed E-state index contributed by atoms with van der Waals surface area (Å²) in [6.07, 6.45) is 12.7. The van der Waals surface area contributed by atoms with E-state index in [4.69, 9.17) is 11.6 Å². The molecule has 0 aliphatic carbocycles. The fraction of sp³-hybridized carbons (Fsp3) is 0.833. The fourth-order valence-corrected chi connectivity index (χ4v) is 3.98. The number of hydrogen-bond acceptors (Lipinski definition) is 1. The van der Waals surface area contributed by atoms with Crippen molar-refractivity contribution in [1.29, 1.82) is 0 Å². The van der Waals surface area contributed by atoms with Crippen LogP contribution in [-0.4, -0.2) is 9.78 Å². The average Bonchev–Trinajstić information content (AvgIpc) is 2.75. The van der Waals surface area contributed by atoms with Crippen molar-refractivity contribution in [3.63, 3.8) is 0 Å². The minimum atomic E-state index is 0.0676. The summed E-state index contributed by atoms with van der Waals surface area (Å²) in [5.41, 5.74) is 1.12. The largest absolute Gasteiger partial charge is 0.251 e. The van der Waals surface area contributed by atoms with Crippen LogP contribution in [0.4, 0.5) is 0 Å². The summed E-state index contributed by atoms with van der Waals surface area (Å²) in [5.74, 6) is 0. The molecule has 0 saturated heterocycles. The molecule has 2 nitrogen and oxygen atoms in total. The molecule has 0 aliphatic rings.